The van der Waals surface area contributed by atoms with Gasteiger partial charge < -0.3 is 10.5 Å². The molecule has 3 aromatic rings. The average Bonchev–Trinajstić information content (AvgIpc) is 2.41. The molecule has 3 nitrogen and oxygen atoms in total. The highest BCUT2D eigenvalue weighted by Crippen LogP contribution is 2.33. The van der Waals surface area contributed by atoms with E-state index in [2.05, 4.69) is 20.9 Å². The van der Waals surface area contributed by atoms with Crippen molar-refractivity contribution >= 4 is 44.1 Å². The lowest BCUT2D eigenvalue weighted by Crippen LogP contribution is -1.93. The molecule has 1 aromatic heterocycles. The Morgan fingerprint density at radius 3 is 2.70 bits per heavy atom. The van der Waals surface area contributed by atoms with E-state index in [-0.39, 0.29) is 0 Å². The fourth-order valence-corrected chi connectivity index (χ4v) is 2.46. The Morgan fingerprint density at radius 1 is 1.05 bits per heavy atom. The van der Waals surface area contributed by atoms with Crippen molar-refractivity contribution in [2.45, 2.75) is 0 Å². The molecule has 5 heteroatoms. The van der Waals surface area contributed by atoms with Crippen LogP contribution >= 0.6 is 27.5 Å². The highest BCUT2D eigenvalue weighted by molar-refractivity contribution is 9.10. The minimum absolute atomic E-state index is 0.568. The highest BCUT2D eigenvalue weighted by atomic mass is 79.9. The summed E-state index contributed by atoms with van der Waals surface area (Å²) >= 11 is 9.34. The van der Waals surface area contributed by atoms with Crippen LogP contribution < -0.4 is 10.5 Å². The van der Waals surface area contributed by atoms with E-state index in [9.17, 15) is 0 Å². The van der Waals surface area contributed by atoms with Crippen molar-refractivity contribution in [2.75, 3.05) is 5.73 Å². The zero-order valence-corrected chi connectivity index (χ0v) is 12.6. The van der Waals surface area contributed by atoms with Crippen LogP contribution in [0.3, 0.4) is 0 Å². The Bertz CT molecular complexity index is 792. The van der Waals surface area contributed by atoms with Crippen LogP contribution in [0.5, 0.6) is 11.5 Å². The molecule has 0 saturated heterocycles. The molecule has 0 fully saturated rings. The van der Waals surface area contributed by atoms with Crippen LogP contribution in [-0.4, -0.2) is 4.98 Å². The third kappa shape index (κ3) is 2.57. The average molecular weight is 350 g/mol. The van der Waals surface area contributed by atoms with Gasteiger partial charge in [0.25, 0.3) is 0 Å². The molecule has 0 atom stereocenters. The number of anilines is 1. The molecule has 2 aromatic carbocycles. The van der Waals surface area contributed by atoms with Gasteiger partial charge in [-0.1, -0.05) is 27.5 Å². The van der Waals surface area contributed by atoms with Gasteiger partial charge >= 0.3 is 0 Å². The standard InChI is InChI=1S/C15H10BrClN2O/c16-9-1-4-15(12(18)7-9)20-14-5-6-19-13-8-10(17)2-3-11(13)14/h1-8H,18H2. The van der Waals surface area contributed by atoms with Gasteiger partial charge in [0.2, 0.25) is 0 Å². The first-order valence-corrected chi connectivity index (χ1v) is 7.08. The number of pyridine rings is 1. The Kier molecular flexibility index (Phi) is 3.51. The van der Waals surface area contributed by atoms with Crippen LogP contribution in [0.4, 0.5) is 5.69 Å². The number of aromatic nitrogens is 1. The van der Waals surface area contributed by atoms with Crippen molar-refractivity contribution < 1.29 is 4.74 Å². The topological polar surface area (TPSA) is 48.1 Å². The summed E-state index contributed by atoms with van der Waals surface area (Å²) in [6, 6.07) is 12.8. The molecule has 1 heterocycles. The molecule has 0 saturated carbocycles. The number of rotatable bonds is 2. The molecule has 3 rings (SSSR count). The van der Waals surface area contributed by atoms with E-state index in [0.29, 0.717) is 22.2 Å². The lowest BCUT2D eigenvalue weighted by molar-refractivity contribution is 0.490. The first-order valence-electron chi connectivity index (χ1n) is 5.90. The Labute approximate surface area is 129 Å². The largest absolute Gasteiger partial charge is 0.454 e. The van der Waals surface area contributed by atoms with Crippen LogP contribution in [0.15, 0.2) is 53.1 Å². The van der Waals surface area contributed by atoms with Crippen LogP contribution in [0.2, 0.25) is 5.02 Å². The lowest BCUT2D eigenvalue weighted by Gasteiger charge is -2.11. The maximum absolute atomic E-state index is 5.97. The summed E-state index contributed by atoms with van der Waals surface area (Å²) in [6.07, 6.45) is 1.68. The van der Waals surface area contributed by atoms with Crippen LogP contribution in [0.1, 0.15) is 0 Å². The molecule has 0 bridgehead atoms. The molecule has 0 radical (unpaired) electrons. The SMILES string of the molecule is Nc1cc(Br)ccc1Oc1ccnc2cc(Cl)ccc12. The van der Waals surface area contributed by atoms with Gasteiger partial charge in [-0.05, 0) is 42.5 Å². The van der Waals surface area contributed by atoms with Crippen LogP contribution in [0, 0.1) is 0 Å². The van der Waals surface area contributed by atoms with E-state index in [1.807, 2.05) is 24.3 Å². The number of hydrogen-bond donors (Lipinski definition) is 1. The smallest absolute Gasteiger partial charge is 0.150 e. The quantitative estimate of drug-likeness (QED) is 0.660. The van der Waals surface area contributed by atoms with Gasteiger partial charge in [0.1, 0.15) is 11.5 Å². The van der Waals surface area contributed by atoms with Crippen molar-refractivity contribution in [1.82, 2.24) is 4.98 Å². The Hall–Kier alpha value is -1.78. The Balaban J connectivity index is 2.06. The molecular weight excluding hydrogens is 340 g/mol. The summed E-state index contributed by atoms with van der Waals surface area (Å²) in [5, 5.41) is 1.53. The maximum atomic E-state index is 5.97. The van der Waals surface area contributed by atoms with Crippen molar-refractivity contribution in [2.24, 2.45) is 0 Å². The summed E-state index contributed by atoms with van der Waals surface area (Å²) in [6.45, 7) is 0. The number of benzene rings is 2. The first-order chi connectivity index (χ1) is 9.63. The van der Waals surface area contributed by atoms with E-state index in [1.165, 1.54) is 0 Å². The molecule has 20 heavy (non-hydrogen) atoms. The Morgan fingerprint density at radius 2 is 1.90 bits per heavy atom. The molecule has 0 spiro atoms. The van der Waals surface area contributed by atoms with E-state index >= 15 is 0 Å². The van der Waals surface area contributed by atoms with E-state index in [4.69, 9.17) is 22.1 Å². The molecule has 0 aliphatic rings. The second-order valence-electron chi connectivity index (χ2n) is 4.25. The number of hydrogen-bond acceptors (Lipinski definition) is 3. The van der Waals surface area contributed by atoms with Gasteiger partial charge in [-0.2, -0.15) is 0 Å². The summed E-state index contributed by atoms with van der Waals surface area (Å²) in [4.78, 5) is 4.28. The maximum Gasteiger partial charge on any atom is 0.150 e. The van der Waals surface area contributed by atoms with Crippen LogP contribution in [0.25, 0.3) is 10.9 Å². The van der Waals surface area contributed by atoms with Crippen molar-refractivity contribution in [3.63, 3.8) is 0 Å². The predicted molar refractivity (Wildman–Crippen MR) is 85.4 cm³/mol. The number of nitrogen functional groups attached to an aromatic ring is 1. The third-order valence-electron chi connectivity index (χ3n) is 2.86. The van der Waals surface area contributed by atoms with E-state index < -0.39 is 0 Å². The second kappa shape index (κ2) is 5.31. The summed E-state index contributed by atoms with van der Waals surface area (Å²) in [7, 11) is 0. The van der Waals surface area contributed by atoms with Crippen LogP contribution in [-0.2, 0) is 0 Å². The van der Waals surface area contributed by atoms with E-state index in [1.54, 1.807) is 24.4 Å². The number of ether oxygens (including phenoxy) is 1. The predicted octanol–water partition coefficient (Wildman–Crippen LogP) is 5.03. The molecule has 100 valence electrons. The first kappa shape index (κ1) is 13.2. The normalized spacial score (nSPS) is 10.7. The third-order valence-corrected chi connectivity index (χ3v) is 3.58. The minimum atomic E-state index is 0.568. The van der Waals surface area contributed by atoms with Gasteiger partial charge in [0, 0.05) is 21.1 Å². The monoisotopic (exact) mass is 348 g/mol. The van der Waals surface area contributed by atoms with Crippen molar-refractivity contribution in [1.29, 1.82) is 0 Å². The number of fused-ring (bicyclic) bond motifs is 1. The van der Waals surface area contributed by atoms with Gasteiger partial charge in [0.15, 0.2) is 0 Å². The summed E-state index contributed by atoms with van der Waals surface area (Å²) in [5.41, 5.74) is 7.30. The molecular formula is C15H10BrClN2O. The fraction of sp³-hybridized carbons (Fsp3) is 0. The van der Waals surface area contributed by atoms with Gasteiger partial charge in [-0.15, -0.1) is 0 Å². The van der Waals surface area contributed by atoms with Crippen molar-refractivity contribution in [3.05, 3.63) is 58.2 Å². The molecule has 0 unspecified atom stereocenters. The lowest BCUT2D eigenvalue weighted by atomic mass is 10.2. The number of nitrogens with zero attached hydrogens (tertiary/aromatic N) is 1. The van der Waals surface area contributed by atoms with Gasteiger partial charge in [-0.25, -0.2) is 0 Å². The van der Waals surface area contributed by atoms with Gasteiger partial charge in [0.05, 0.1) is 11.2 Å². The number of nitrogens with two attached hydrogens (primary N) is 1. The van der Waals surface area contributed by atoms with E-state index in [0.717, 1.165) is 15.4 Å². The zero-order valence-electron chi connectivity index (χ0n) is 10.3. The minimum Gasteiger partial charge on any atom is -0.454 e. The zero-order chi connectivity index (χ0) is 14.1. The summed E-state index contributed by atoms with van der Waals surface area (Å²) in [5.74, 6) is 1.30. The molecule has 0 aliphatic heterocycles. The summed E-state index contributed by atoms with van der Waals surface area (Å²) < 4.78 is 6.80. The van der Waals surface area contributed by atoms with Crippen molar-refractivity contribution in [3.8, 4) is 11.5 Å². The fourth-order valence-electron chi connectivity index (χ4n) is 1.91. The second-order valence-corrected chi connectivity index (χ2v) is 5.61. The molecule has 0 amide bonds. The molecule has 0 aliphatic carbocycles. The van der Waals surface area contributed by atoms with Gasteiger partial charge in [-0.3, -0.25) is 4.98 Å². The molecule has 2 N–H and O–H groups in total. The highest BCUT2D eigenvalue weighted by Gasteiger charge is 2.07. The number of halogens is 2.